The van der Waals surface area contributed by atoms with Crippen LogP contribution in [0.2, 0.25) is 5.02 Å². The monoisotopic (exact) mass is 492 g/mol. The highest BCUT2D eigenvalue weighted by molar-refractivity contribution is 6.32. The first-order valence-corrected chi connectivity index (χ1v) is 11.1. The minimum Gasteiger partial charge on any atom is -0.495 e. The average molecular weight is 493 g/mol. The van der Waals surface area contributed by atoms with Crippen molar-refractivity contribution in [2.45, 2.75) is 50.2 Å². The number of fused-ring (bicyclic) bond motifs is 1. The zero-order valence-electron chi connectivity index (χ0n) is 18.5. The zero-order chi connectivity index (χ0) is 25.0. The molecule has 0 bridgehead atoms. The minimum absolute atomic E-state index is 0.0105. The summed E-state index contributed by atoms with van der Waals surface area (Å²) >= 11 is 6.09. The summed E-state index contributed by atoms with van der Waals surface area (Å²) < 4.78 is 5.07. The van der Waals surface area contributed by atoms with E-state index >= 15 is 0 Å². The molecule has 3 rings (SSSR count). The predicted molar refractivity (Wildman–Crippen MR) is 119 cm³/mol. The third-order valence-electron chi connectivity index (χ3n) is 5.61. The van der Waals surface area contributed by atoms with E-state index in [-0.39, 0.29) is 42.3 Å². The van der Waals surface area contributed by atoms with Crippen molar-refractivity contribution < 1.29 is 33.8 Å². The molecule has 11 nitrogen and oxygen atoms in total. The molecule has 0 aliphatic carbocycles. The van der Waals surface area contributed by atoms with Crippen molar-refractivity contribution in [3.63, 3.8) is 0 Å². The van der Waals surface area contributed by atoms with Crippen molar-refractivity contribution in [3.05, 3.63) is 35.7 Å². The number of ether oxygens (including phenoxy) is 1. The summed E-state index contributed by atoms with van der Waals surface area (Å²) in [7, 11) is 1.44. The number of methoxy groups -OCH3 is 1. The average Bonchev–Trinajstić information content (AvgIpc) is 2.90. The van der Waals surface area contributed by atoms with Crippen LogP contribution in [0, 0.1) is 6.92 Å². The van der Waals surface area contributed by atoms with Crippen molar-refractivity contribution in [3.8, 4) is 5.75 Å². The molecular formula is C22H25ClN4O7. The van der Waals surface area contributed by atoms with E-state index in [0.717, 1.165) is 5.01 Å². The molecule has 3 N–H and O–H groups in total. The number of carbonyl (C=O) groups excluding carboxylic acids is 4. The molecule has 2 aliphatic rings. The SMILES string of the molecule is [CH][C@H](CC(=O)O)NC(=O)[C@@H]1CCCN2C(=O)CC[C@H](NC(=O)c3ccc(OC)c(Cl)c3)C(=O)N12. The number of carbonyl (C=O) groups is 5. The van der Waals surface area contributed by atoms with Crippen molar-refractivity contribution in [1.82, 2.24) is 20.7 Å². The molecule has 0 unspecified atom stereocenters. The highest BCUT2D eigenvalue weighted by Crippen LogP contribution is 2.27. The summed E-state index contributed by atoms with van der Waals surface area (Å²) in [6, 6.07) is 1.10. The number of hydrogen-bond acceptors (Lipinski definition) is 6. The van der Waals surface area contributed by atoms with E-state index in [1.807, 2.05) is 0 Å². The van der Waals surface area contributed by atoms with Crippen molar-refractivity contribution in [2.75, 3.05) is 13.7 Å². The molecule has 1 aromatic carbocycles. The lowest BCUT2D eigenvalue weighted by atomic mass is 10.0. The van der Waals surface area contributed by atoms with Crippen LogP contribution in [-0.2, 0) is 19.2 Å². The number of nitrogens with zero attached hydrogens (tertiary/aromatic N) is 2. The molecule has 3 atom stereocenters. The third-order valence-corrected chi connectivity index (χ3v) is 5.90. The number of nitrogens with one attached hydrogen (secondary N) is 2. The number of carboxylic acids is 1. The molecule has 0 aromatic heterocycles. The Labute approximate surface area is 201 Å². The lowest BCUT2D eigenvalue weighted by Gasteiger charge is -2.43. The zero-order valence-corrected chi connectivity index (χ0v) is 19.2. The van der Waals surface area contributed by atoms with Crippen molar-refractivity contribution >= 4 is 41.2 Å². The normalized spacial score (nSPS) is 21.3. The number of benzene rings is 1. The maximum Gasteiger partial charge on any atom is 0.305 e. The third kappa shape index (κ3) is 5.58. The van der Waals surface area contributed by atoms with Gasteiger partial charge >= 0.3 is 5.97 Å². The first kappa shape index (κ1) is 25.3. The summed E-state index contributed by atoms with van der Waals surface area (Å²) in [5.74, 6) is -3.04. The number of hydrogen-bond donors (Lipinski definition) is 3. The Bertz CT molecular complexity index is 1000. The molecule has 0 spiro atoms. The summed E-state index contributed by atoms with van der Waals surface area (Å²) in [4.78, 5) is 62.6. The Hall–Kier alpha value is -3.34. The molecule has 0 saturated carbocycles. The van der Waals surface area contributed by atoms with E-state index in [4.69, 9.17) is 28.4 Å². The Morgan fingerprint density at radius 2 is 2.03 bits per heavy atom. The Balaban J connectivity index is 1.80. The van der Waals surface area contributed by atoms with Crippen LogP contribution in [0.5, 0.6) is 5.75 Å². The van der Waals surface area contributed by atoms with Crippen LogP contribution in [0.3, 0.4) is 0 Å². The lowest BCUT2D eigenvalue weighted by Crippen LogP contribution is -2.64. The van der Waals surface area contributed by atoms with Crippen LogP contribution in [0.25, 0.3) is 0 Å². The van der Waals surface area contributed by atoms with Gasteiger partial charge in [0.2, 0.25) is 11.8 Å². The Kier molecular flexibility index (Phi) is 7.98. The fourth-order valence-corrected chi connectivity index (χ4v) is 4.23. The summed E-state index contributed by atoms with van der Waals surface area (Å²) in [6.45, 7) is 5.90. The van der Waals surface area contributed by atoms with Crippen LogP contribution in [0.4, 0.5) is 0 Å². The number of rotatable bonds is 7. The van der Waals surface area contributed by atoms with E-state index < -0.39 is 48.2 Å². The van der Waals surface area contributed by atoms with Gasteiger partial charge in [-0.25, -0.2) is 5.01 Å². The van der Waals surface area contributed by atoms with E-state index in [0.29, 0.717) is 12.2 Å². The van der Waals surface area contributed by atoms with Gasteiger partial charge in [0.1, 0.15) is 17.8 Å². The maximum atomic E-state index is 13.4. The van der Waals surface area contributed by atoms with Gasteiger partial charge in [-0.15, -0.1) is 0 Å². The molecule has 1 aromatic rings. The van der Waals surface area contributed by atoms with Gasteiger partial charge in [-0.05, 0) is 44.4 Å². The van der Waals surface area contributed by atoms with Crippen molar-refractivity contribution in [2.24, 2.45) is 0 Å². The highest BCUT2D eigenvalue weighted by Gasteiger charge is 2.44. The lowest BCUT2D eigenvalue weighted by molar-refractivity contribution is -0.176. The molecule has 2 fully saturated rings. The minimum atomic E-state index is -1.19. The van der Waals surface area contributed by atoms with Crippen LogP contribution in [0.15, 0.2) is 18.2 Å². The first-order chi connectivity index (χ1) is 16.1. The largest absolute Gasteiger partial charge is 0.495 e. The second kappa shape index (κ2) is 10.7. The van der Waals surface area contributed by atoms with Crippen LogP contribution >= 0.6 is 11.6 Å². The van der Waals surface area contributed by atoms with Gasteiger partial charge in [-0.3, -0.25) is 29.0 Å². The second-order valence-corrected chi connectivity index (χ2v) is 8.39. The summed E-state index contributed by atoms with van der Waals surface area (Å²) in [6.07, 6.45) is 0.244. The number of aliphatic carboxylic acids is 1. The van der Waals surface area contributed by atoms with Gasteiger partial charge in [0.25, 0.3) is 11.8 Å². The molecule has 4 amide bonds. The Morgan fingerprint density at radius 3 is 2.68 bits per heavy atom. The quantitative estimate of drug-likeness (QED) is 0.506. The standard InChI is InChI=1S/C22H25ClN4O7/c1-12(10-19(29)30)24-21(32)16-4-3-9-26-18(28)8-6-15(22(33)27(16)26)25-20(31)13-5-7-17(34-2)14(23)11-13/h1,5,7,11-12,15-16H,3-4,6,8-10H2,2H3,(H,24,32)(H,25,31)(H,29,30)/t12-,15+,16+/m1/s1. The summed E-state index contributed by atoms with van der Waals surface area (Å²) in [5.41, 5.74) is 0.193. The highest BCUT2D eigenvalue weighted by atomic mass is 35.5. The van der Waals surface area contributed by atoms with Crippen molar-refractivity contribution in [1.29, 1.82) is 0 Å². The molecule has 34 heavy (non-hydrogen) atoms. The number of halogens is 1. The van der Waals surface area contributed by atoms with Gasteiger partial charge in [0, 0.05) is 24.6 Å². The maximum absolute atomic E-state index is 13.4. The van der Waals surface area contributed by atoms with Crippen LogP contribution in [0.1, 0.15) is 42.5 Å². The Morgan fingerprint density at radius 1 is 1.29 bits per heavy atom. The fourth-order valence-electron chi connectivity index (χ4n) is 3.97. The van der Waals surface area contributed by atoms with E-state index in [1.54, 1.807) is 0 Å². The predicted octanol–water partition coefficient (Wildman–Crippen LogP) is 0.646. The number of hydrazine groups is 1. The van der Waals surface area contributed by atoms with Gasteiger partial charge in [0.05, 0.1) is 18.6 Å². The molecule has 12 heteroatoms. The van der Waals surface area contributed by atoms with Gasteiger partial charge < -0.3 is 20.5 Å². The molecule has 2 radical (unpaired) electrons. The fraction of sp³-hybridized carbons (Fsp3) is 0.455. The molecule has 2 saturated heterocycles. The van der Waals surface area contributed by atoms with Crippen LogP contribution < -0.4 is 15.4 Å². The van der Waals surface area contributed by atoms with Gasteiger partial charge in [0.15, 0.2) is 0 Å². The van der Waals surface area contributed by atoms with Gasteiger partial charge in [-0.1, -0.05) is 11.6 Å². The smallest absolute Gasteiger partial charge is 0.305 e. The molecule has 182 valence electrons. The second-order valence-electron chi connectivity index (χ2n) is 7.98. The molecular weight excluding hydrogens is 468 g/mol. The molecule has 2 heterocycles. The summed E-state index contributed by atoms with van der Waals surface area (Å²) in [5, 5.41) is 16.4. The van der Waals surface area contributed by atoms with E-state index in [9.17, 15) is 24.0 Å². The van der Waals surface area contributed by atoms with Gasteiger partial charge in [-0.2, -0.15) is 0 Å². The van der Waals surface area contributed by atoms with E-state index in [2.05, 4.69) is 10.6 Å². The number of amides is 4. The molecule has 2 aliphatic heterocycles. The number of carboxylic acid groups (broad SMARTS) is 1. The van der Waals surface area contributed by atoms with Crippen LogP contribution in [-0.4, -0.2) is 76.5 Å². The topological polar surface area (TPSA) is 145 Å². The van der Waals surface area contributed by atoms with E-state index in [1.165, 1.54) is 30.3 Å². The first-order valence-electron chi connectivity index (χ1n) is 10.7.